The Morgan fingerprint density at radius 3 is 2.57 bits per heavy atom. The van der Waals surface area contributed by atoms with Crippen LogP contribution in [0.25, 0.3) is 0 Å². The molecule has 3 nitrogen and oxygen atoms in total. The van der Waals surface area contributed by atoms with Crippen molar-refractivity contribution in [2.24, 2.45) is 0 Å². The van der Waals surface area contributed by atoms with Crippen LogP contribution in [0.2, 0.25) is 0 Å². The Balaban J connectivity index is 3.07. The third-order valence-corrected chi connectivity index (χ3v) is 2.01. The second kappa shape index (κ2) is 4.58. The molecule has 1 rings (SSSR count). The first kappa shape index (κ1) is 10.5. The lowest BCUT2D eigenvalue weighted by atomic mass is 10.0. The average Bonchev–Trinajstić information content (AvgIpc) is 2.20. The summed E-state index contributed by atoms with van der Waals surface area (Å²) in [5.74, 6) is -0.340. The highest BCUT2D eigenvalue weighted by Crippen LogP contribution is 2.12. The molecule has 0 heterocycles. The Morgan fingerprint density at radius 1 is 1.43 bits per heavy atom. The van der Waals surface area contributed by atoms with Crippen LogP contribution in [0.1, 0.15) is 15.9 Å². The van der Waals surface area contributed by atoms with Crippen molar-refractivity contribution in [3.05, 3.63) is 47.2 Å². The number of benzene rings is 1. The molecular weight excluding hydrogens is 180 g/mol. The summed E-state index contributed by atoms with van der Waals surface area (Å²) < 4.78 is 0. The number of carbonyl (C=O) groups is 1. The van der Waals surface area contributed by atoms with Crippen LogP contribution in [0, 0.1) is 6.92 Å². The summed E-state index contributed by atoms with van der Waals surface area (Å²) in [7, 11) is 0. The van der Waals surface area contributed by atoms with Gasteiger partial charge in [-0.2, -0.15) is 0 Å². The lowest BCUT2D eigenvalue weighted by molar-refractivity contribution is 0.101. The molecule has 0 unspecified atom stereocenters. The Labute approximate surface area is 82.3 Å². The number of rotatable bonds is 3. The van der Waals surface area contributed by atoms with Crippen molar-refractivity contribution in [2.75, 3.05) is 6.61 Å². The van der Waals surface area contributed by atoms with Gasteiger partial charge >= 0.3 is 0 Å². The quantitative estimate of drug-likeness (QED) is 0.434. The van der Waals surface area contributed by atoms with Gasteiger partial charge in [-0.3, -0.25) is 4.79 Å². The number of hydrogen-bond acceptors (Lipinski definition) is 3. The van der Waals surface area contributed by atoms with E-state index in [4.69, 9.17) is 10.2 Å². The SMILES string of the molecule is Cc1ccccc1C(=O)C(=CO)CO. The second-order valence-corrected chi connectivity index (χ2v) is 2.96. The summed E-state index contributed by atoms with van der Waals surface area (Å²) in [5.41, 5.74) is 1.33. The summed E-state index contributed by atoms with van der Waals surface area (Å²) in [6, 6.07) is 7.04. The Kier molecular flexibility index (Phi) is 3.42. The molecule has 0 amide bonds. The number of ketones is 1. The molecule has 0 saturated heterocycles. The van der Waals surface area contributed by atoms with Crippen molar-refractivity contribution >= 4 is 5.78 Å². The van der Waals surface area contributed by atoms with Gasteiger partial charge in [0, 0.05) is 5.56 Å². The first-order chi connectivity index (χ1) is 6.70. The van der Waals surface area contributed by atoms with E-state index in [1.54, 1.807) is 25.1 Å². The molecule has 0 aliphatic carbocycles. The maximum Gasteiger partial charge on any atom is 0.194 e. The van der Waals surface area contributed by atoms with Crippen LogP contribution in [-0.4, -0.2) is 22.6 Å². The van der Waals surface area contributed by atoms with Gasteiger partial charge in [-0.25, -0.2) is 0 Å². The standard InChI is InChI=1S/C11H12O3/c1-8-4-2-3-5-10(8)11(14)9(6-12)7-13/h2-6,12-13H,7H2,1H3. The molecule has 3 heteroatoms. The van der Waals surface area contributed by atoms with Gasteiger partial charge in [-0.15, -0.1) is 0 Å². The molecule has 0 bridgehead atoms. The summed E-state index contributed by atoms with van der Waals surface area (Å²) in [4.78, 5) is 11.6. The van der Waals surface area contributed by atoms with Gasteiger partial charge in [0.2, 0.25) is 0 Å². The molecular formula is C11H12O3. The number of Topliss-reactive ketones (excluding diaryl/α,β-unsaturated/α-hetero) is 1. The van der Waals surface area contributed by atoms with Crippen LogP contribution < -0.4 is 0 Å². The maximum atomic E-state index is 11.6. The largest absolute Gasteiger partial charge is 0.515 e. The van der Waals surface area contributed by atoms with E-state index in [0.29, 0.717) is 11.8 Å². The third-order valence-electron chi connectivity index (χ3n) is 2.01. The molecule has 14 heavy (non-hydrogen) atoms. The van der Waals surface area contributed by atoms with Crippen LogP contribution in [0.3, 0.4) is 0 Å². The molecule has 0 saturated carbocycles. The van der Waals surface area contributed by atoms with Crippen LogP contribution in [0.4, 0.5) is 0 Å². The van der Waals surface area contributed by atoms with Gasteiger partial charge in [0.1, 0.15) is 0 Å². The molecule has 0 radical (unpaired) electrons. The van der Waals surface area contributed by atoms with Crippen molar-refractivity contribution in [1.82, 2.24) is 0 Å². The summed E-state index contributed by atoms with van der Waals surface area (Å²) in [6.07, 6.45) is 0.648. The van der Waals surface area contributed by atoms with Crippen molar-refractivity contribution < 1.29 is 15.0 Å². The van der Waals surface area contributed by atoms with Gasteiger partial charge in [0.05, 0.1) is 18.4 Å². The summed E-state index contributed by atoms with van der Waals surface area (Å²) in [5, 5.41) is 17.5. The molecule has 0 spiro atoms. The normalized spacial score (nSPS) is 11.4. The molecule has 2 N–H and O–H groups in total. The fourth-order valence-corrected chi connectivity index (χ4v) is 1.17. The molecule has 0 aromatic heterocycles. The highest BCUT2D eigenvalue weighted by molar-refractivity contribution is 6.09. The first-order valence-corrected chi connectivity index (χ1v) is 4.25. The molecule has 0 fully saturated rings. The van der Waals surface area contributed by atoms with E-state index in [-0.39, 0.29) is 11.4 Å². The molecule has 0 aliphatic heterocycles. The van der Waals surface area contributed by atoms with Gasteiger partial charge in [-0.1, -0.05) is 24.3 Å². The highest BCUT2D eigenvalue weighted by atomic mass is 16.3. The monoisotopic (exact) mass is 192 g/mol. The first-order valence-electron chi connectivity index (χ1n) is 4.25. The minimum Gasteiger partial charge on any atom is -0.515 e. The van der Waals surface area contributed by atoms with Crippen molar-refractivity contribution in [2.45, 2.75) is 6.92 Å². The molecule has 1 aromatic carbocycles. The topological polar surface area (TPSA) is 57.5 Å². The van der Waals surface area contributed by atoms with E-state index in [1.807, 2.05) is 6.07 Å². The predicted octanol–water partition coefficient (Wildman–Crippen LogP) is 1.61. The fraction of sp³-hybridized carbons (Fsp3) is 0.182. The minimum atomic E-state index is -0.455. The Morgan fingerprint density at radius 2 is 2.07 bits per heavy atom. The summed E-state index contributed by atoms with van der Waals surface area (Å²) in [6.45, 7) is 1.35. The zero-order valence-electron chi connectivity index (χ0n) is 7.90. The summed E-state index contributed by atoms with van der Waals surface area (Å²) >= 11 is 0. The number of carbonyl (C=O) groups excluding carboxylic acids is 1. The van der Waals surface area contributed by atoms with Gasteiger partial charge in [0.25, 0.3) is 0 Å². The van der Waals surface area contributed by atoms with E-state index in [1.165, 1.54) is 0 Å². The Bertz CT molecular complexity index is 367. The van der Waals surface area contributed by atoms with Crippen LogP contribution in [0.5, 0.6) is 0 Å². The van der Waals surface area contributed by atoms with Gasteiger partial charge < -0.3 is 10.2 Å². The number of aryl methyl sites for hydroxylation is 1. The highest BCUT2D eigenvalue weighted by Gasteiger charge is 2.12. The number of aliphatic hydroxyl groups excluding tert-OH is 2. The van der Waals surface area contributed by atoms with Crippen LogP contribution in [0.15, 0.2) is 36.1 Å². The fourth-order valence-electron chi connectivity index (χ4n) is 1.17. The van der Waals surface area contributed by atoms with Crippen molar-refractivity contribution in [3.63, 3.8) is 0 Å². The second-order valence-electron chi connectivity index (χ2n) is 2.96. The van der Waals surface area contributed by atoms with Gasteiger partial charge in [0.15, 0.2) is 5.78 Å². The van der Waals surface area contributed by atoms with Crippen molar-refractivity contribution in [1.29, 1.82) is 0 Å². The third kappa shape index (κ3) is 2.00. The van der Waals surface area contributed by atoms with Crippen molar-refractivity contribution in [3.8, 4) is 0 Å². The number of hydrogen-bond donors (Lipinski definition) is 2. The van der Waals surface area contributed by atoms with E-state index >= 15 is 0 Å². The van der Waals surface area contributed by atoms with E-state index in [9.17, 15) is 4.79 Å². The lowest BCUT2D eigenvalue weighted by Crippen LogP contribution is -2.08. The van der Waals surface area contributed by atoms with E-state index in [2.05, 4.69) is 0 Å². The zero-order valence-corrected chi connectivity index (χ0v) is 7.90. The maximum absolute atomic E-state index is 11.6. The molecule has 0 atom stereocenters. The molecule has 0 aliphatic rings. The Hall–Kier alpha value is -1.61. The average molecular weight is 192 g/mol. The zero-order chi connectivity index (χ0) is 10.6. The van der Waals surface area contributed by atoms with Gasteiger partial charge in [-0.05, 0) is 12.5 Å². The minimum absolute atomic E-state index is 0.000648. The van der Waals surface area contributed by atoms with E-state index < -0.39 is 6.61 Å². The van der Waals surface area contributed by atoms with E-state index in [0.717, 1.165) is 5.56 Å². The molecule has 74 valence electrons. The molecule has 1 aromatic rings. The smallest absolute Gasteiger partial charge is 0.194 e. The van der Waals surface area contributed by atoms with Crippen LogP contribution in [-0.2, 0) is 0 Å². The van der Waals surface area contributed by atoms with Crippen LogP contribution >= 0.6 is 0 Å². The predicted molar refractivity (Wildman–Crippen MR) is 53.3 cm³/mol. The number of aliphatic hydroxyl groups is 2. The lowest BCUT2D eigenvalue weighted by Gasteiger charge is -2.04.